The fourth-order valence-corrected chi connectivity index (χ4v) is 2.87. The second-order valence-corrected chi connectivity index (χ2v) is 7.61. The van der Waals surface area contributed by atoms with Crippen molar-refractivity contribution >= 4 is 0 Å². The molecule has 0 aromatic rings. The maximum atomic E-state index is 6.20. The number of hydrogen-bond acceptors (Lipinski definition) is 6. The van der Waals surface area contributed by atoms with E-state index in [4.69, 9.17) is 28.4 Å². The zero-order chi connectivity index (χ0) is 19.1. The van der Waals surface area contributed by atoms with E-state index in [-0.39, 0.29) is 48.8 Å². The summed E-state index contributed by atoms with van der Waals surface area (Å²) in [6, 6.07) is 0. The van der Waals surface area contributed by atoms with Gasteiger partial charge >= 0.3 is 0 Å². The van der Waals surface area contributed by atoms with Gasteiger partial charge in [-0.1, -0.05) is 0 Å². The molecule has 1 fully saturated rings. The predicted molar refractivity (Wildman–Crippen MR) is 96.8 cm³/mol. The lowest BCUT2D eigenvalue weighted by Gasteiger charge is -2.47. The first-order valence-corrected chi connectivity index (χ1v) is 9.41. The average molecular weight is 363 g/mol. The largest absolute Gasteiger partial charge is 0.376 e. The summed E-state index contributed by atoms with van der Waals surface area (Å²) in [7, 11) is 1.65. The van der Waals surface area contributed by atoms with Crippen molar-refractivity contribution < 1.29 is 28.4 Å². The highest BCUT2D eigenvalue weighted by molar-refractivity contribution is 4.93. The van der Waals surface area contributed by atoms with Crippen LogP contribution in [0.4, 0.5) is 0 Å². The van der Waals surface area contributed by atoms with Gasteiger partial charge in [-0.3, -0.25) is 0 Å². The van der Waals surface area contributed by atoms with E-state index in [1.165, 1.54) is 0 Å². The van der Waals surface area contributed by atoms with Crippen molar-refractivity contribution in [3.8, 4) is 0 Å². The number of ether oxygens (including phenoxy) is 6. The molecule has 0 bridgehead atoms. The predicted octanol–water partition coefficient (Wildman–Crippen LogP) is 3.16. The van der Waals surface area contributed by atoms with Crippen LogP contribution in [-0.2, 0) is 28.4 Å². The molecule has 5 atom stereocenters. The normalized spacial score (nSPS) is 30.8. The van der Waals surface area contributed by atoms with Crippen LogP contribution in [0.15, 0.2) is 0 Å². The van der Waals surface area contributed by atoms with Gasteiger partial charge in [-0.25, -0.2) is 0 Å². The smallest absolute Gasteiger partial charge is 0.187 e. The molecule has 1 aliphatic rings. The van der Waals surface area contributed by atoms with E-state index >= 15 is 0 Å². The minimum atomic E-state index is -0.526. The molecule has 25 heavy (non-hydrogen) atoms. The second-order valence-electron chi connectivity index (χ2n) is 7.61. The van der Waals surface area contributed by atoms with E-state index in [1.807, 2.05) is 55.4 Å². The van der Waals surface area contributed by atoms with Gasteiger partial charge in [0.25, 0.3) is 0 Å². The van der Waals surface area contributed by atoms with E-state index in [2.05, 4.69) is 0 Å². The Balaban J connectivity index is 3.08. The Labute approximate surface area is 153 Å². The van der Waals surface area contributed by atoms with E-state index in [9.17, 15) is 0 Å². The van der Waals surface area contributed by atoms with Crippen molar-refractivity contribution in [2.75, 3.05) is 13.7 Å². The van der Waals surface area contributed by atoms with Crippen LogP contribution in [0.25, 0.3) is 0 Å². The van der Waals surface area contributed by atoms with Gasteiger partial charge in [-0.15, -0.1) is 0 Å². The summed E-state index contributed by atoms with van der Waals surface area (Å²) in [4.78, 5) is 0. The van der Waals surface area contributed by atoms with Gasteiger partial charge in [-0.2, -0.15) is 0 Å². The molecular formula is C19H38O6. The monoisotopic (exact) mass is 362 g/mol. The van der Waals surface area contributed by atoms with Gasteiger partial charge in [0.2, 0.25) is 0 Å². The topological polar surface area (TPSA) is 55.4 Å². The average Bonchev–Trinajstić information content (AvgIpc) is 2.46. The molecule has 1 heterocycles. The molecule has 1 rings (SSSR count). The van der Waals surface area contributed by atoms with E-state index in [0.29, 0.717) is 6.61 Å². The van der Waals surface area contributed by atoms with Gasteiger partial charge < -0.3 is 28.4 Å². The lowest BCUT2D eigenvalue weighted by Crippen LogP contribution is -2.63. The highest BCUT2D eigenvalue weighted by Gasteiger charge is 2.49. The number of hydrogen-bond donors (Lipinski definition) is 0. The van der Waals surface area contributed by atoms with Crippen molar-refractivity contribution in [3.63, 3.8) is 0 Å². The van der Waals surface area contributed by atoms with Crippen LogP contribution in [0.3, 0.4) is 0 Å². The lowest BCUT2D eigenvalue weighted by molar-refractivity contribution is -0.333. The second kappa shape index (κ2) is 10.8. The summed E-state index contributed by atoms with van der Waals surface area (Å²) >= 11 is 0. The van der Waals surface area contributed by atoms with Crippen molar-refractivity contribution in [2.45, 2.75) is 111 Å². The number of methoxy groups -OCH3 is 1. The lowest BCUT2D eigenvalue weighted by atomic mass is 9.97. The zero-order valence-electron chi connectivity index (χ0n) is 17.4. The Morgan fingerprint density at radius 1 is 0.680 bits per heavy atom. The van der Waals surface area contributed by atoms with Crippen LogP contribution in [-0.4, -0.2) is 68.8 Å². The maximum Gasteiger partial charge on any atom is 0.187 e. The van der Waals surface area contributed by atoms with Crippen LogP contribution < -0.4 is 0 Å². The molecule has 150 valence electrons. The highest BCUT2D eigenvalue weighted by Crippen LogP contribution is 2.31. The molecule has 0 spiro atoms. The van der Waals surface area contributed by atoms with Gasteiger partial charge in [0.05, 0.1) is 31.0 Å². The first kappa shape index (κ1) is 22.8. The van der Waals surface area contributed by atoms with Crippen LogP contribution in [0.5, 0.6) is 0 Å². The van der Waals surface area contributed by atoms with E-state index in [1.54, 1.807) is 7.11 Å². The molecule has 6 nitrogen and oxygen atoms in total. The first-order chi connectivity index (χ1) is 11.6. The summed E-state index contributed by atoms with van der Waals surface area (Å²) in [5.74, 6) is 0. The summed E-state index contributed by atoms with van der Waals surface area (Å²) in [5.41, 5.74) is 0. The van der Waals surface area contributed by atoms with Gasteiger partial charge in [0, 0.05) is 7.11 Å². The van der Waals surface area contributed by atoms with E-state index < -0.39 is 6.29 Å². The molecule has 0 aromatic carbocycles. The molecule has 1 aliphatic heterocycles. The molecule has 0 aliphatic carbocycles. The Hall–Kier alpha value is -0.240. The van der Waals surface area contributed by atoms with E-state index in [0.717, 1.165) is 0 Å². The Morgan fingerprint density at radius 3 is 1.64 bits per heavy atom. The summed E-state index contributed by atoms with van der Waals surface area (Å²) in [6.07, 6.45) is -1.59. The van der Waals surface area contributed by atoms with Crippen LogP contribution in [0.2, 0.25) is 0 Å². The molecule has 0 N–H and O–H groups in total. The van der Waals surface area contributed by atoms with Crippen molar-refractivity contribution in [1.82, 2.24) is 0 Å². The van der Waals surface area contributed by atoms with Crippen LogP contribution >= 0.6 is 0 Å². The molecule has 0 amide bonds. The minimum Gasteiger partial charge on any atom is -0.376 e. The molecular weight excluding hydrogens is 324 g/mol. The minimum absolute atomic E-state index is 0.0107. The molecule has 0 aromatic heterocycles. The Morgan fingerprint density at radius 2 is 1.20 bits per heavy atom. The first-order valence-electron chi connectivity index (χ1n) is 9.41. The quantitative estimate of drug-likeness (QED) is 0.595. The Bertz CT molecular complexity index is 358. The van der Waals surface area contributed by atoms with Crippen molar-refractivity contribution in [2.24, 2.45) is 0 Å². The standard InChI is InChI=1S/C19H38O6/c1-11(2)21-10-15-16(22-12(3)4)17(23-13(5)6)18(20-9)19(25-15)24-14(7)8/h11-19H,10H2,1-9H3/t15?,16-,17+,18?,19-/m1/s1. The third-order valence-electron chi connectivity index (χ3n) is 3.72. The third-order valence-corrected chi connectivity index (χ3v) is 3.72. The third kappa shape index (κ3) is 7.49. The molecule has 2 unspecified atom stereocenters. The maximum absolute atomic E-state index is 6.20. The molecule has 0 saturated carbocycles. The van der Waals surface area contributed by atoms with Gasteiger partial charge in [0.1, 0.15) is 24.4 Å². The van der Waals surface area contributed by atoms with Gasteiger partial charge in [-0.05, 0) is 55.4 Å². The van der Waals surface area contributed by atoms with Crippen LogP contribution in [0.1, 0.15) is 55.4 Å². The highest BCUT2D eigenvalue weighted by atomic mass is 16.7. The summed E-state index contributed by atoms with van der Waals surface area (Å²) in [6.45, 7) is 16.4. The van der Waals surface area contributed by atoms with Gasteiger partial charge in [0.15, 0.2) is 6.29 Å². The molecule has 0 radical (unpaired) electrons. The van der Waals surface area contributed by atoms with Crippen LogP contribution in [0, 0.1) is 0 Å². The van der Waals surface area contributed by atoms with Crippen molar-refractivity contribution in [1.29, 1.82) is 0 Å². The summed E-state index contributed by atoms with van der Waals surface area (Å²) < 4.78 is 36.0. The molecule has 1 saturated heterocycles. The summed E-state index contributed by atoms with van der Waals surface area (Å²) in [5, 5.41) is 0. The molecule has 6 heteroatoms. The number of rotatable bonds is 10. The fraction of sp³-hybridized carbons (Fsp3) is 1.00. The SMILES string of the molecule is COC1[C@H](OC(C)C)OC(COC(C)C)[C@@H](OC(C)C)[C@@H]1OC(C)C. The Kier molecular flexibility index (Phi) is 9.85. The van der Waals surface area contributed by atoms with Crippen molar-refractivity contribution in [3.05, 3.63) is 0 Å². The zero-order valence-corrected chi connectivity index (χ0v) is 17.4. The fourth-order valence-electron chi connectivity index (χ4n) is 2.87.